The molecule has 1 aliphatic rings. The first-order valence-corrected chi connectivity index (χ1v) is 11.2. The summed E-state index contributed by atoms with van der Waals surface area (Å²) in [5.41, 5.74) is 3.59. The number of urea groups is 1. The molecular weight excluding hydrogens is 559 g/mol. The smallest absolute Gasteiger partial charge is 0.338 e. The highest BCUT2D eigenvalue weighted by atomic mass is 127. The average Bonchev–Trinajstić information content (AvgIpc) is 3.22. The van der Waals surface area contributed by atoms with Crippen molar-refractivity contribution in [3.05, 3.63) is 56.7 Å². The molecule has 1 atom stereocenters. The van der Waals surface area contributed by atoms with Crippen LogP contribution in [0.4, 0.5) is 4.79 Å². The number of rotatable bonds is 9. The summed E-state index contributed by atoms with van der Waals surface area (Å²) in [5.74, 6) is 0.0762. The first-order chi connectivity index (χ1) is 16.3. The Balaban J connectivity index is 1.70. The highest BCUT2D eigenvalue weighted by Gasteiger charge is 2.32. The largest absolute Gasteiger partial charge is 0.493 e. The summed E-state index contributed by atoms with van der Waals surface area (Å²) in [5, 5.41) is 9.11. The van der Waals surface area contributed by atoms with Gasteiger partial charge in [0, 0.05) is 5.70 Å². The molecule has 180 valence electrons. The van der Waals surface area contributed by atoms with E-state index in [0.29, 0.717) is 32.3 Å². The number of furan rings is 1. The van der Waals surface area contributed by atoms with Gasteiger partial charge in [-0.05, 0) is 66.3 Å². The number of nitrogens with zero attached hydrogens (tertiary/aromatic N) is 1. The lowest BCUT2D eigenvalue weighted by atomic mass is 9.95. The van der Waals surface area contributed by atoms with Crippen LogP contribution in [0.25, 0.3) is 0 Å². The van der Waals surface area contributed by atoms with Gasteiger partial charge >= 0.3 is 12.0 Å². The zero-order chi connectivity index (χ0) is 24.7. The van der Waals surface area contributed by atoms with Gasteiger partial charge in [-0.25, -0.2) is 15.0 Å². The quantitative estimate of drug-likeness (QED) is 0.179. The minimum atomic E-state index is -0.752. The molecule has 0 bridgehead atoms. The van der Waals surface area contributed by atoms with E-state index in [1.165, 1.54) is 13.3 Å². The van der Waals surface area contributed by atoms with E-state index in [4.69, 9.17) is 18.6 Å². The van der Waals surface area contributed by atoms with Gasteiger partial charge in [0.25, 0.3) is 5.91 Å². The van der Waals surface area contributed by atoms with Gasteiger partial charge in [-0.1, -0.05) is 6.07 Å². The van der Waals surface area contributed by atoms with Crippen LogP contribution < -0.4 is 25.5 Å². The van der Waals surface area contributed by atoms with Gasteiger partial charge in [-0.3, -0.25) is 4.79 Å². The van der Waals surface area contributed by atoms with Crippen molar-refractivity contribution < 1.29 is 33.0 Å². The SMILES string of the molecule is CCOC(=O)C1=C(C)NC(=O)NC1c1ccc(OCC(=O)N/N=C/c2ccc(I)o2)c(OC)c1. The molecule has 0 fully saturated rings. The van der Waals surface area contributed by atoms with E-state index in [-0.39, 0.29) is 18.8 Å². The summed E-state index contributed by atoms with van der Waals surface area (Å²) in [7, 11) is 1.44. The van der Waals surface area contributed by atoms with Gasteiger partial charge in [0.1, 0.15) is 5.76 Å². The molecule has 2 aromatic rings. The molecule has 0 radical (unpaired) electrons. The standard InChI is InChI=1S/C22H23IN4O7/c1-4-32-21(29)19-12(2)25-22(30)26-20(19)13-5-7-15(16(9-13)31-3)33-11-18(28)27-24-10-14-6-8-17(23)34-14/h5-10,20H,4,11H2,1-3H3,(H,27,28)(H2,25,26,30)/b24-10+. The molecule has 0 spiro atoms. The summed E-state index contributed by atoms with van der Waals surface area (Å²) in [6.07, 6.45) is 1.37. The monoisotopic (exact) mass is 582 g/mol. The van der Waals surface area contributed by atoms with E-state index in [9.17, 15) is 14.4 Å². The molecule has 2 heterocycles. The number of ether oxygens (including phenoxy) is 3. The summed E-state index contributed by atoms with van der Waals surface area (Å²) in [6, 6.07) is 7.15. The fourth-order valence-corrected chi connectivity index (χ4v) is 3.58. The molecule has 0 aliphatic carbocycles. The van der Waals surface area contributed by atoms with Crippen molar-refractivity contribution in [1.29, 1.82) is 0 Å². The first kappa shape index (κ1) is 25.1. The van der Waals surface area contributed by atoms with Gasteiger partial charge in [0.2, 0.25) is 0 Å². The zero-order valence-corrected chi connectivity index (χ0v) is 20.8. The van der Waals surface area contributed by atoms with Crippen LogP contribution >= 0.6 is 22.6 Å². The second-order valence-corrected chi connectivity index (χ2v) is 7.99. The minimum absolute atomic E-state index is 0.194. The summed E-state index contributed by atoms with van der Waals surface area (Å²) >= 11 is 2.02. The average molecular weight is 582 g/mol. The first-order valence-electron chi connectivity index (χ1n) is 10.2. The van der Waals surface area contributed by atoms with Crippen LogP contribution in [0.15, 0.2) is 51.1 Å². The van der Waals surface area contributed by atoms with E-state index in [1.807, 2.05) is 22.6 Å². The lowest BCUT2D eigenvalue weighted by Gasteiger charge is -2.28. The van der Waals surface area contributed by atoms with Crippen molar-refractivity contribution in [2.45, 2.75) is 19.9 Å². The Morgan fingerprint density at radius 2 is 2.06 bits per heavy atom. The third kappa shape index (κ3) is 6.27. The summed E-state index contributed by atoms with van der Waals surface area (Å²) in [4.78, 5) is 36.6. The fraction of sp³-hybridized carbons (Fsp3) is 0.273. The lowest BCUT2D eigenvalue weighted by molar-refractivity contribution is -0.139. The number of hydrazone groups is 1. The lowest BCUT2D eigenvalue weighted by Crippen LogP contribution is -2.45. The number of allylic oxidation sites excluding steroid dienone is 1. The predicted molar refractivity (Wildman–Crippen MR) is 129 cm³/mol. The topological polar surface area (TPSA) is 140 Å². The Morgan fingerprint density at radius 1 is 1.26 bits per heavy atom. The highest BCUT2D eigenvalue weighted by Crippen LogP contribution is 2.34. The van der Waals surface area contributed by atoms with Crippen molar-refractivity contribution in [3.63, 3.8) is 0 Å². The van der Waals surface area contributed by atoms with Crippen LogP contribution in [0.2, 0.25) is 0 Å². The summed E-state index contributed by atoms with van der Waals surface area (Å²) < 4.78 is 22.1. The van der Waals surface area contributed by atoms with Crippen molar-refractivity contribution in [3.8, 4) is 11.5 Å². The number of amides is 3. The van der Waals surface area contributed by atoms with E-state index >= 15 is 0 Å². The highest BCUT2D eigenvalue weighted by molar-refractivity contribution is 14.1. The Hall–Kier alpha value is -3.55. The minimum Gasteiger partial charge on any atom is -0.493 e. The van der Waals surface area contributed by atoms with Crippen LogP contribution in [-0.2, 0) is 14.3 Å². The zero-order valence-electron chi connectivity index (χ0n) is 18.6. The van der Waals surface area contributed by atoms with E-state index < -0.39 is 23.9 Å². The maximum atomic E-state index is 12.5. The third-order valence-electron chi connectivity index (χ3n) is 4.62. The van der Waals surface area contributed by atoms with Crippen LogP contribution in [0.3, 0.4) is 0 Å². The molecule has 3 rings (SSSR count). The Bertz CT molecular complexity index is 1140. The van der Waals surface area contributed by atoms with Gasteiger partial charge in [-0.15, -0.1) is 0 Å². The number of nitrogens with one attached hydrogen (secondary N) is 3. The van der Waals surface area contributed by atoms with Crippen LogP contribution in [-0.4, -0.2) is 44.4 Å². The molecule has 1 aromatic heterocycles. The molecule has 34 heavy (non-hydrogen) atoms. The van der Waals surface area contributed by atoms with Gasteiger partial charge in [0.05, 0.1) is 31.5 Å². The second kappa shape index (κ2) is 11.5. The molecule has 3 N–H and O–H groups in total. The number of hydrogen-bond donors (Lipinski definition) is 3. The van der Waals surface area contributed by atoms with Crippen LogP contribution in [0.1, 0.15) is 31.2 Å². The number of carbonyl (C=O) groups is 3. The van der Waals surface area contributed by atoms with Gasteiger partial charge in [-0.2, -0.15) is 5.10 Å². The maximum absolute atomic E-state index is 12.5. The number of hydrogen-bond acceptors (Lipinski definition) is 8. The predicted octanol–water partition coefficient (Wildman–Crippen LogP) is 2.61. The summed E-state index contributed by atoms with van der Waals surface area (Å²) in [6.45, 7) is 3.20. The molecule has 3 amide bonds. The Morgan fingerprint density at radius 3 is 2.74 bits per heavy atom. The van der Waals surface area contributed by atoms with Crippen molar-refractivity contribution in [1.82, 2.24) is 16.1 Å². The number of benzene rings is 1. The van der Waals surface area contributed by atoms with Gasteiger partial charge in [0.15, 0.2) is 21.9 Å². The molecule has 1 unspecified atom stereocenters. The van der Waals surface area contributed by atoms with E-state index in [2.05, 4.69) is 21.2 Å². The molecule has 11 nitrogen and oxygen atoms in total. The van der Waals surface area contributed by atoms with Gasteiger partial charge < -0.3 is 29.3 Å². The number of methoxy groups -OCH3 is 1. The number of carbonyl (C=O) groups excluding carboxylic acids is 3. The molecule has 12 heteroatoms. The fourth-order valence-electron chi connectivity index (χ4n) is 3.15. The third-order valence-corrected chi connectivity index (χ3v) is 5.20. The molecular formula is C22H23IN4O7. The molecule has 0 saturated heterocycles. The van der Waals surface area contributed by atoms with Crippen molar-refractivity contribution >= 4 is 46.7 Å². The van der Waals surface area contributed by atoms with Crippen molar-refractivity contribution in [2.75, 3.05) is 20.3 Å². The van der Waals surface area contributed by atoms with E-state index in [0.717, 1.165) is 0 Å². The Labute approximate surface area is 209 Å². The Kier molecular flexibility index (Phi) is 8.51. The molecule has 1 aromatic carbocycles. The van der Waals surface area contributed by atoms with Crippen LogP contribution in [0.5, 0.6) is 11.5 Å². The number of esters is 1. The normalized spacial score (nSPS) is 15.5. The van der Waals surface area contributed by atoms with E-state index in [1.54, 1.807) is 44.2 Å². The second-order valence-electron chi connectivity index (χ2n) is 6.92. The molecule has 1 aliphatic heterocycles. The maximum Gasteiger partial charge on any atom is 0.338 e. The van der Waals surface area contributed by atoms with Crippen molar-refractivity contribution in [2.24, 2.45) is 5.10 Å². The van der Waals surface area contributed by atoms with Crippen LogP contribution in [0, 0.1) is 3.77 Å². The number of halogens is 1. The molecule has 0 saturated carbocycles.